The summed E-state index contributed by atoms with van der Waals surface area (Å²) in [5.41, 5.74) is -0.142. The lowest BCUT2D eigenvalue weighted by Crippen LogP contribution is -2.60. The molecule has 3 aromatic rings. The topological polar surface area (TPSA) is 71.0 Å². The average Bonchev–Trinajstić information content (AvgIpc) is 3.47. The third kappa shape index (κ3) is 3.23. The number of anilines is 1. The van der Waals surface area contributed by atoms with E-state index < -0.39 is 17.6 Å². The van der Waals surface area contributed by atoms with Crippen molar-refractivity contribution < 1.29 is 22.4 Å². The first-order valence-corrected chi connectivity index (χ1v) is 10.9. The fourth-order valence-electron chi connectivity index (χ4n) is 5.68. The highest BCUT2D eigenvalue weighted by molar-refractivity contribution is 6.01. The number of piperidine rings is 1. The number of halogens is 4. The quantitative estimate of drug-likeness (QED) is 0.574. The van der Waals surface area contributed by atoms with Crippen LogP contribution in [0, 0.1) is 17.2 Å². The number of amides is 1. The summed E-state index contributed by atoms with van der Waals surface area (Å²) < 4.78 is 52.7. The van der Waals surface area contributed by atoms with Gasteiger partial charge in [-0.25, -0.2) is 19.3 Å². The van der Waals surface area contributed by atoms with Crippen LogP contribution in [0.2, 0.25) is 0 Å². The summed E-state index contributed by atoms with van der Waals surface area (Å²) in [6.07, 6.45) is 1.29. The predicted molar refractivity (Wildman–Crippen MR) is 114 cm³/mol. The highest BCUT2D eigenvalue weighted by atomic mass is 19.4. The predicted octanol–water partition coefficient (Wildman–Crippen LogP) is 4.41. The molecule has 1 N–H and O–H groups in total. The van der Waals surface area contributed by atoms with Crippen molar-refractivity contribution in [2.45, 2.75) is 31.1 Å². The van der Waals surface area contributed by atoms with Crippen molar-refractivity contribution in [3.63, 3.8) is 0 Å². The van der Waals surface area contributed by atoms with Crippen LogP contribution in [-0.2, 0) is 6.18 Å². The Labute approximate surface area is 192 Å². The van der Waals surface area contributed by atoms with Crippen LogP contribution in [0.3, 0.4) is 0 Å². The number of carbonyl (C=O) groups excluding carboxylic acids is 1. The van der Waals surface area contributed by atoms with Crippen molar-refractivity contribution >= 4 is 11.7 Å². The molecule has 2 aromatic heterocycles. The van der Waals surface area contributed by atoms with Crippen LogP contribution in [0.15, 0.2) is 55.0 Å². The zero-order chi connectivity index (χ0) is 23.7. The molecule has 0 bridgehead atoms. The Morgan fingerprint density at radius 2 is 1.88 bits per heavy atom. The van der Waals surface area contributed by atoms with Crippen molar-refractivity contribution in [1.82, 2.24) is 19.9 Å². The fraction of sp³-hybridized carbons (Fsp3) is 0.333. The van der Waals surface area contributed by atoms with E-state index in [4.69, 9.17) is 0 Å². The van der Waals surface area contributed by atoms with E-state index in [9.17, 15) is 22.4 Å². The van der Waals surface area contributed by atoms with Crippen LogP contribution < -0.4 is 5.32 Å². The minimum atomic E-state index is -4.45. The minimum Gasteiger partial charge on any atom is -0.365 e. The highest BCUT2D eigenvalue weighted by Gasteiger charge is 2.75. The second kappa shape index (κ2) is 7.22. The number of carbonyl (C=O) groups is 1. The summed E-state index contributed by atoms with van der Waals surface area (Å²) in [5, 5.41) is 3.20. The lowest BCUT2D eigenvalue weighted by molar-refractivity contribution is -0.137. The van der Waals surface area contributed by atoms with E-state index in [1.54, 1.807) is 23.4 Å². The molecule has 6 nitrogen and oxygen atoms in total. The molecule has 1 aromatic carbocycles. The Kier molecular flexibility index (Phi) is 4.46. The summed E-state index contributed by atoms with van der Waals surface area (Å²) >= 11 is 0. The maximum Gasteiger partial charge on any atom is 0.417 e. The Morgan fingerprint density at radius 3 is 2.59 bits per heavy atom. The first-order chi connectivity index (χ1) is 16.3. The molecular formula is C24H19F4N5O. The smallest absolute Gasteiger partial charge is 0.365 e. The number of rotatable bonds is 4. The number of aromatic nitrogens is 3. The highest BCUT2D eigenvalue weighted by Crippen LogP contribution is 2.71. The van der Waals surface area contributed by atoms with Crippen molar-refractivity contribution in [3.8, 4) is 11.4 Å². The summed E-state index contributed by atoms with van der Waals surface area (Å²) in [4.78, 5) is 27.7. The van der Waals surface area contributed by atoms with Crippen LogP contribution in [0.5, 0.6) is 0 Å². The normalized spacial score (nSPS) is 26.9. The average molecular weight is 469 g/mol. The number of nitrogens with zero attached hydrogens (tertiary/aromatic N) is 4. The van der Waals surface area contributed by atoms with Gasteiger partial charge in [-0.05, 0) is 60.6 Å². The molecule has 1 aliphatic heterocycles. The minimum absolute atomic E-state index is 0.0238. The Balaban J connectivity index is 1.26. The summed E-state index contributed by atoms with van der Waals surface area (Å²) in [6.45, 7) is 0.563. The Hall–Kier alpha value is -3.56. The number of hydrogen-bond donors (Lipinski definition) is 1. The number of alkyl halides is 3. The van der Waals surface area contributed by atoms with Gasteiger partial charge in [0.05, 0.1) is 17.2 Å². The molecule has 3 heterocycles. The molecule has 4 unspecified atom stereocenters. The molecule has 174 valence electrons. The van der Waals surface area contributed by atoms with Gasteiger partial charge in [0.2, 0.25) is 0 Å². The third-order valence-electron chi connectivity index (χ3n) is 7.31. The second-order valence-corrected chi connectivity index (χ2v) is 9.18. The van der Waals surface area contributed by atoms with E-state index in [0.29, 0.717) is 29.7 Å². The van der Waals surface area contributed by atoms with Gasteiger partial charge in [0.15, 0.2) is 5.82 Å². The Morgan fingerprint density at radius 1 is 1.09 bits per heavy atom. The van der Waals surface area contributed by atoms with Crippen LogP contribution in [0.1, 0.15) is 28.8 Å². The van der Waals surface area contributed by atoms with Crippen LogP contribution in [-0.4, -0.2) is 44.4 Å². The number of likely N-dealkylation sites (tertiary alicyclic amines) is 1. The monoisotopic (exact) mass is 469 g/mol. The van der Waals surface area contributed by atoms with Crippen molar-refractivity contribution in [1.29, 1.82) is 0 Å². The maximum absolute atomic E-state index is 14.2. The zero-order valence-electron chi connectivity index (χ0n) is 17.8. The van der Waals surface area contributed by atoms with Gasteiger partial charge < -0.3 is 10.2 Å². The van der Waals surface area contributed by atoms with Crippen molar-refractivity contribution in [2.75, 3.05) is 11.9 Å². The standard InChI is InChI=1S/C24H19F4N5O/c25-15-3-4-16(21-29-6-1-7-30-21)17(8-15)22(34)33-12-14-9-23(14)10-18(20(23)33)32-19-5-2-13(11-31-19)24(26,27)28/h1-8,11,14,18,20H,9-10,12H2,(H,31,32). The first kappa shape index (κ1) is 21.0. The number of pyridine rings is 1. The first-order valence-electron chi connectivity index (χ1n) is 10.9. The summed E-state index contributed by atoms with van der Waals surface area (Å²) in [6, 6.07) is 7.65. The molecule has 34 heavy (non-hydrogen) atoms. The maximum atomic E-state index is 14.2. The number of benzene rings is 1. The van der Waals surface area contributed by atoms with E-state index in [0.717, 1.165) is 25.1 Å². The molecule has 0 radical (unpaired) electrons. The van der Waals surface area contributed by atoms with E-state index >= 15 is 0 Å². The molecule has 6 rings (SSSR count). The van der Waals surface area contributed by atoms with Gasteiger partial charge >= 0.3 is 6.18 Å². The van der Waals surface area contributed by atoms with Gasteiger partial charge in [0, 0.05) is 36.7 Å². The molecule has 1 amide bonds. The van der Waals surface area contributed by atoms with Crippen LogP contribution >= 0.6 is 0 Å². The number of nitrogens with one attached hydrogen (secondary N) is 1. The van der Waals surface area contributed by atoms with Gasteiger partial charge in [0.25, 0.3) is 5.91 Å². The molecule has 3 fully saturated rings. The van der Waals surface area contributed by atoms with Crippen LogP contribution in [0.4, 0.5) is 23.4 Å². The van der Waals surface area contributed by atoms with Crippen molar-refractivity contribution in [3.05, 3.63) is 71.9 Å². The van der Waals surface area contributed by atoms with Gasteiger partial charge in [-0.15, -0.1) is 0 Å². The van der Waals surface area contributed by atoms with Gasteiger partial charge in [-0.3, -0.25) is 4.79 Å². The SMILES string of the molecule is O=C(c1cc(F)ccc1-c1ncccn1)N1CC2CC23CC(Nc2ccc(C(F)(F)F)cn2)C13. The van der Waals surface area contributed by atoms with Gasteiger partial charge in [0.1, 0.15) is 11.6 Å². The fourth-order valence-corrected chi connectivity index (χ4v) is 5.68. The lowest BCUT2D eigenvalue weighted by Gasteiger charge is -2.48. The van der Waals surface area contributed by atoms with E-state index in [1.807, 2.05) is 0 Å². The van der Waals surface area contributed by atoms with Crippen molar-refractivity contribution in [2.24, 2.45) is 11.3 Å². The molecule has 1 spiro atoms. The van der Waals surface area contributed by atoms with Gasteiger partial charge in [-0.1, -0.05) is 0 Å². The number of hydrogen-bond acceptors (Lipinski definition) is 5. The summed E-state index contributed by atoms with van der Waals surface area (Å²) in [7, 11) is 0. The molecular weight excluding hydrogens is 450 g/mol. The molecule has 3 aliphatic rings. The zero-order valence-corrected chi connectivity index (χ0v) is 17.8. The molecule has 2 saturated carbocycles. The lowest BCUT2D eigenvalue weighted by atomic mass is 9.71. The van der Waals surface area contributed by atoms with E-state index in [-0.39, 0.29) is 29.0 Å². The van der Waals surface area contributed by atoms with E-state index in [1.165, 1.54) is 24.3 Å². The summed E-state index contributed by atoms with van der Waals surface area (Å²) in [5.74, 6) is 0.213. The third-order valence-corrected chi connectivity index (χ3v) is 7.31. The second-order valence-electron chi connectivity index (χ2n) is 9.18. The van der Waals surface area contributed by atoms with Crippen LogP contribution in [0.25, 0.3) is 11.4 Å². The van der Waals surface area contributed by atoms with Gasteiger partial charge in [-0.2, -0.15) is 13.2 Å². The van der Waals surface area contributed by atoms with E-state index in [2.05, 4.69) is 20.3 Å². The molecule has 4 atom stereocenters. The molecule has 1 saturated heterocycles. The molecule has 2 aliphatic carbocycles. The Bertz CT molecular complexity index is 1270. The largest absolute Gasteiger partial charge is 0.417 e. The molecule has 10 heteroatoms.